The topological polar surface area (TPSA) is 48.7 Å². The summed E-state index contributed by atoms with van der Waals surface area (Å²) < 4.78 is 16.1. The fourth-order valence-corrected chi connectivity index (χ4v) is 2.11. The van der Waals surface area contributed by atoms with Crippen molar-refractivity contribution in [3.8, 4) is 0 Å². The Hall–Kier alpha value is -1.36. The molecule has 94 valence electrons. The predicted molar refractivity (Wildman–Crippen MR) is 66.1 cm³/mol. The van der Waals surface area contributed by atoms with Gasteiger partial charge in [-0.25, -0.2) is 0 Å². The minimum atomic E-state index is -0.574. The molecule has 1 aliphatic rings. The maximum absolute atomic E-state index is 12.1. The van der Waals surface area contributed by atoms with Crippen molar-refractivity contribution in [1.82, 2.24) is 0 Å². The second-order valence-electron chi connectivity index (χ2n) is 4.09. The first-order valence-corrected chi connectivity index (χ1v) is 6.04. The number of benzene rings is 1. The Bertz CT molecular complexity index is 584. The van der Waals surface area contributed by atoms with E-state index in [1.807, 2.05) is 0 Å². The van der Waals surface area contributed by atoms with E-state index in [0.29, 0.717) is 23.8 Å². The van der Waals surface area contributed by atoms with Gasteiger partial charge in [0.05, 0.1) is 19.8 Å². The van der Waals surface area contributed by atoms with Crippen LogP contribution in [0, 0.1) is 0 Å². The second kappa shape index (κ2) is 4.72. The van der Waals surface area contributed by atoms with Gasteiger partial charge in [-0.2, -0.15) is 0 Å². The van der Waals surface area contributed by atoms with Crippen LogP contribution in [0.15, 0.2) is 28.7 Å². The number of Topliss-reactive ketones (excluding diaryl/α,β-unsaturated/α-hetero) is 1. The van der Waals surface area contributed by atoms with Crippen LogP contribution in [0.3, 0.4) is 0 Å². The summed E-state index contributed by atoms with van der Waals surface area (Å²) in [6.45, 7) is 1.23. The van der Waals surface area contributed by atoms with Crippen LogP contribution >= 0.6 is 11.6 Å². The first-order valence-electron chi connectivity index (χ1n) is 5.67. The predicted octanol–water partition coefficient (Wildman–Crippen LogP) is 2.68. The number of ketones is 1. The van der Waals surface area contributed by atoms with Crippen molar-refractivity contribution in [2.24, 2.45) is 0 Å². The smallest absolute Gasteiger partial charge is 0.229 e. The molecule has 2 heterocycles. The molecule has 5 heteroatoms. The molecule has 1 aromatic heterocycles. The fourth-order valence-electron chi connectivity index (χ4n) is 1.93. The molecule has 1 unspecified atom stereocenters. The Morgan fingerprint density at radius 3 is 2.94 bits per heavy atom. The first-order chi connectivity index (χ1) is 8.74. The summed E-state index contributed by atoms with van der Waals surface area (Å²) in [5.41, 5.74) is 0.638. The summed E-state index contributed by atoms with van der Waals surface area (Å²) in [6.07, 6.45) is -0.574. The third-order valence-electron chi connectivity index (χ3n) is 2.83. The lowest BCUT2D eigenvalue weighted by Gasteiger charge is -2.20. The Balaban J connectivity index is 1.91. The molecule has 3 rings (SSSR count). The molecule has 0 aliphatic carbocycles. The Kier molecular flexibility index (Phi) is 3.07. The van der Waals surface area contributed by atoms with Crippen LogP contribution in [0.4, 0.5) is 0 Å². The van der Waals surface area contributed by atoms with Crippen LogP contribution in [0.1, 0.15) is 10.6 Å². The molecular weight excluding hydrogens is 256 g/mol. The SMILES string of the molecule is O=C(c1cc2cc(Cl)ccc2o1)C1COCCO1. The van der Waals surface area contributed by atoms with Gasteiger partial charge in [-0.15, -0.1) is 0 Å². The van der Waals surface area contributed by atoms with Gasteiger partial charge in [0.2, 0.25) is 5.78 Å². The van der Waals surface area contributed by atoms with Gasteiger partial charge in [-0.05, 0) is 24.3 Å². The van der Waals surface area contributed by atoms with E-state index in [4.69, 9.17) is 25.5 Å². The average Bonchev–Trinajstić information content (AvgIpc) is 2.81. The molecule has 0 saturated carbocycles. The molecule has 2 aromatic rings. The normalized spacial score (nSPS) is 20.2. The zero-order valence-electron chi connectivity index (χ0n) is 9.52. The van der Waals surface area contributed by atoms with Gasteiger partial charge in [-0.1, -0.05) is 11.6 Å². The number of hydrogen-bond donors (Lipinski definition) is 0. The van der Waals surface area contributed by atoms with Gasteiger partial charge in [0, 0.05) is 10.4 Å². The molecule has 0 amide bonds. The monoisotopic (exact) mass is 266 g/mol. The number of furan rings is 1. The van der Waals surface area contributed by atoms with Crippen molar-refractivity contribution in [3.05, 3.63) is 35.0 Å². The third kappa shape index (κ3) is 2.14. The molecule has 18 heavy (non-hydrogen) atoms. The number of halogens is 1. The summed E-state index contributed by atoms with van der Waals surface area (Å²) in [7, 11) is 0. The number of fused-ring (bicyclic) bond motifs is 1. The molecule has 0 N–H and O–H groups in total. The summed E-state index contributed by atoms with van der Waals surface area (Å²) in [4.78, 5) is 12.1. The van der Waals surface area contributed by atoms with Crippen molar-refractivity contribution < 1.29 is 18.7 Å². The van der Waals surface area contributed by atoms with Gasteiger partial charge >= 0.3 is 0 Å². The molecule has 1 atom stereocenters. The molecule has 1 fully saturated rings. The van der Waals surface area contributed by atoms with Crippen molar-refractivity contribution in [2.45, 2.75) is 6.10 Å². The Morgan fingerprint density at radius 2 is 2.17 bits per heavy atom. The second-order valence-corrected chi connectivity index (χ2v) is 4.53. The Morgan fingerprint density at radius 1 is 1.28 bits per heavy atom. The molecule has 1 aliphatic heterocycles. The van der Waals surface area contributed by atoms with Crippen molar-refractivity contribution in [2.75, 3.05) is 19.8 Å². The Labute approximate surface area is 108 Å². The standard InChI is InChI=1S/C13H11ClO4/c14-9-1-2-10-8(5-9)6-11(18-10)13(15)12-7-16-3-4-17-12/h1-2,5-6,12H,3-4,7H2. The average molecular weight is 267 g/mol. The van der Waals surface area contributed by atoms with E-state index in [0.717, 1.165) is 5.39 Å². The highest BCUT2D eigenvalue weighted by Crippen LogP contribution is 2.24. The number of ether oxygens (including phenoxy) is 2. The van der Waals surface area contributed by atoms with Crippen LogP contribution in [0.2, 0.25) is 5.02 Å². The zero-order valence-corrected chi connectivity index (χ0v) is 10.3. The highest BCUT2D eigenvalue weighted by molar-refractivity contribution is 6.31. The highest BCUT2D eigenvalue weighted by atomic mass is 35.5. The van der Waals surface area contributed by atoms with Crippen LogP contribution in [-0.4, -0.2) is 31.7 Å². The molecule has 0 radical (unpaired) electrons. The third-order valence-corrected chi connectivity index (χ3v) is 3.06. The van der Waals surface area contributed by atoms with Gasteiger partial charge in [0.15, 0.2) is 5.76 Å². The quantitative estimate of drug-likeness (QED) is 0.784. The van der Waals surface area contributed by atoms with Gasteiger partial charge in [-0.3, -0.25) is 4.79 Å². The van der Waals surface area contributed by atoms with Crippen molar-refractivity contribution in [1.29, 1.82) is 0 Å². The molecule has 0 spiro atoms. The lowest BCUT2D eigenvalue weighted by molar-refractivity contribution is -0.0725. The van der Waals surface area contributed by atoms with Crippen LogP contribution in [0.25, 0.3) is 11.0 Å². The van der Waals surface area contributed by atoms with Crippen molar-refractivity contribution in [3.63, 3.8) is 0 Å². The summed E-state index contributed by atoms with van der Waals surface area (Å²) >= 11 is 5.88. The number of rotatable bonds is 2. The minimum absolute atomic E-state index is 0.193. The number of hydrogen-bond acceptors (Lipinski definition) is 4. The summed E-state index contributed by atoms with van der Waals surface area (Å²) in [6, 6.07) is 6.91. The maximum atomic E-state index is 12.1. The van der Waals surface area contributed by atoms with E-state index >= 15 is 0 Å². The van der Waals surface area contributed by atoms with Crippen LogP contribution < -0.4 is 0 Å². The van der Waals surface area contributed by atoms with E-state index in [9.17, 15) is 4.79 Å². The fraction of sp³-hybridized carbons (Fsp3) is 0.308. The molecule has 4 nitrogen and oxygen atoms in total. The van der Waals surface area contributed by atoms with E-state index in [1.165, 1.54) is 0 Å². The van der Waals surface area contributed by atoms with E-state index in [1.54, 1.807) is 24.3 Å². The number of carbonyl (C=O) groups is 1. The van der Waals surface area contributed by atoms with Gasteiger partial charge < -0.3 is 13.9 Å². The van der Waals surface area contributed by atoms with Crippen LogP contribution in [-0.2, 0) is 9.47 Å². The summed E-state index contributed by atoms with van der Waals surface area (Å²) in [5.74, 6) is 0.0878. The maximum Gasteiger partial charge on any atom is 0.229 e. The molecule has 0 bridgehead atoms. The van der Waals surface area contributed by atoms with Gasteiger partial charge in [0.25, 0.3) is 0 Å². The van der Waals surface area contributed by atoms with Crippen molar-refractivity contribution >= 4 is 28.4 Å². The lowest BCUT2D eigenvalue weighted by atomic mass is 10.1. The largest absolute Gasteiger partial charge is 0.453 e. The molecule has 1 aromatic carbocycles. The van der Waals surface area contributed by atoms with Gasteiger partial charge in [0.1, 0.15) is 11.7 Å². The van der Waals surface area contributed by atoms with E-state index in [-0.39, 0.29) is 18.2 Å². The highest BCUT2D eigenvalue weighted by Gasteiger charge is 2.26. The molecule has 1 saturated heterocycles. The number of carbonyl (C=O) groups excluding carboxylic acids is 1. The van der Waals surface area contributed by atoms with E-state index < -0.39 is 6.10 Å². The molecular formula is C13H11ClO4. The zero-order chi connectivity index (χ0) is 12.5. The lowest BCUT2D eigenvalue weighted by Crippen LogP contribution is -2.35. The first kappa shape index (κ1) is 11.7. The van der Waals surface area contributed by atoms with E-state index in [2.05, 4.69) is 0 Å². The summed E-state index contributed by atoms with van der Waals surface area (Å²) in [5, 5.41) is 1.42. The minimum Gasteiger partial charge on any atom is -0.453 e. The van der Waals surface area contributed by atoms with Crippen LogP contribution in [0.5, 0.6) is 0 Å².